The van der Waals surface area contributed by atoms with Crippen LogP contribution < -0.4 is 0 Å². The van der Waals surface area contributed by atoms with E-state index in [1.807, 2.05) is 37.3 Å². The minimum atomic E-state index is -0.698. The Balaban J connectivity index is 1.87. The molecular weight excluding hydrogens is 354 g/mol. The maximum Gasteiger partial charge on any atom is 0.306 e. The van der Waals surface area contributed by atoms with Gasteiger partial charge in [0.15, 0.2) is 0 Å². The molecule has 0 saturated heterocycles. The summed E-state index contributed by atoms with van der Waals surface area (Å²) in [6.45, 7) is 2.26. The number of unbranched alkanes of at least 4 members (excludes halogenated alkanes) is 2. The Kier molecular flexibility index (Phi) is 9.05. The summed E-state index contributed by atoms with van der Waals surface area (Å²) >= 11 is 0. The number of aromatic hydroxyl groups is 1. The highest BCUT2D eigenvalue weighted by Gasteiger charge is 2.14. The summed E-state index contributed by atoms with van der Waals surface area (Å²) in [4.78, 5) is 16.6. The molecule has 0 fully saturated rings. The molecule has 2 aromatic rings. The van der Waals surface area contributed by atoms with Gasteiger partial charge in [-0.3, -0.25) is 4.79 Å². The summed E-state index contributed by atoms with van der Waals surface area (Å²) < 4.78 is 0. The van der Waals surface area contributed by atoms with Gasteiger partial charge in [-0.2, -0.15) is 0 Å². The molecule has 0 bridgehead atoms. The molecule has 5 nitrogen and oxygen atoms in total. The van der Waals surface area contributed by atoms with Gasteiger partial charge in [0.2, 0.25) is 0 Å². The summed E-state index contributed by atoms with van der Waals surface area (Å²) in [6.07, 6.45) is 4.99. The van der Waals surface area contributed by atoms with Gasteiger partial charge in [-0.25, -0.2) is 0 Å². The van der Waals surface area contributed by atoms with E-state index in [4.69, 9.17) is 9.94 Å². The Morgan fingerprint density at radius 3 is 2.39 bits per heavy atom. The van der Waals surface area contributed by atoms with Crippen LogP contribution in [0.5, 0.6) is 5.75 Å². The first-order valence-corrected chi connectivity index (χ1v) is 9.85. The van der Waals surface area contributed by atoms with Gasteiger partial charge in [-0.05, 0) is 48.9 Å². The predicted octanol–water partition coefficient (Wildman–Crippen LogP) is 5.37. The van der Waals surface area contributed by atoms with Crippen molar-refractivity contribution >= 4 is 11.7 Å². The first kappa shape index (κ1) is 21.5. The fourth-order valence-corrected chi connectivity index (χ4v) is 3.01. The molecule has 0 radical (unpaired) electrons. The number of carboxylic acid groups (broad SMARTS) is 1. The van der Waals surface area contributed by atoms with Crippen molar-refractivity contribution in [3.63, 3.8) is 0 Å². The average Bonchev–Trinajstić information content (AvgIpc) is 2.71. The van der Waals surface area contributed by atoms with Crippen LogP contribution in [0.1, 0.15) is 56.6 Å². The van der Waals surface area contributed by atoms with E-state index in [0.29, 0.717) is 13.0 Å². The van der Waals surface area contributed by atoms with Crippen molar-refractivity contribution in [1.29, 1.82) is 0 Å². The van der Waals surface area contributed by atoms with Crippen LogP contribution in [0, 0.1) is 5.92 Å². The monoisotopic (exact) mass is 383 g/mol. The largest absolute Gasteiger partial charge is 0.508 e. The third-order valence-electron chi connectivity index (χ3n) is 4.76. The van der Waals surface area contributed by atoms with Crippen LogP contribution in [0.2, 0.25) is 0 Å². The zero-order chi connectivity index (χ0) is 20.2. The van der Waals surface area contributed by atoms with Crippen molar-refractivity contribution in [2.24, 2.45) is 11.1 Å². The molecule has 0 aromatic heterocycles. The molecule has 0 saturated carbocycles. The van der Waals surface area contributed by atoms with Gasteiger partial charge in [0.1, 0.15) is 12.4 Å². The van der Waals surface area contributed by atoms with Crippen LogP contribution in [0.4, 0.5) is 0 Å². The van der Waals surface area contributed by atoms with Gasteiger partial charge < -0.3 is 15.1 Å². The number of aliphatic carboxylic acids is 1. The lowest BCUT2D eigenvalue weighted by Gasteiger charge is -2.10. The molecule has 1 atom stereocenters. The Hall–Kier alpha value is -2.82. The predicted molar refractivity (Wildman–Crippen MR) is 110 cm³/mol. The summed E-state index contributed by atoms with van der Waals surface area (Å²) in [5.74, 6) is -0.710. The van der Waals surface area contributed by atoms with Crippen LogP contribution in [-0.4, -0.2) is 21.9 Å². The fourth-order valence-electron chi connectivity index (χ4n) is 3.01. The number of carboxylic acids is 1. The van der Waals surface area contributed by atoms with Crippen LogP contribution in [0.3, 0.4) is 0 Å². The molecule has 0 amide bonds. The third-order valence-corrected chi connectivity index (χ3v) is 4.76. The van der Waals surface area contributed by atoms with E-state index in [1.165, 1.54) is 0 Å². The van der Waals surface area contributed by atoms with Crippen molar-refractivity contribution in [2.45, 2.75) is 52.1 Å². The molecule has 1 unspecified atom stereocenters. The molecular formula is C23H29NO4. The van der Waals surface area contributed by atoms with Gasteiger partial charge in [0, 0.05) is 0 Å². The Morgan fingerprint density at radius 1 is 1.04 bits per heavy atom. The van der Waals surface area contributed by atoms with Crippen molar-refractivity contribution in [3.05, 3.63) is 65.7 Å². The summed E-state index contributed by atoms with van der Waals surface area (Å²) in [5, 5.41) is 22.8. The maximum atomic E-state index is 11.1. The number of oxime groups is 1. The molecule has 2 aromatic carbocycles. The lowest BCUT2D eigenvalue weighted by molar-refractivity contribution is -0.142. The lowest BCUT2D eigenvalue weighted by Crippen LogP contribution is -2.12. The first-order valence-electron chi connectivity index (χ1n) is 9.85. The van der Waals surface area contributed by atoms with Crippen LogP contribution >= 0.6 is 0 Å². The van der Waals surface area contributed by atoms with Crippen molar-refractivity contribution in [3.8, 4) is 5.75 Å². The second kappa shape index (κ2) is 11.8. The quantitative estimate of drug-likeness (QED) is 0.293. The second-order valence-corrected chi connectivity index (χ2v) is 6.89. The number of hydrogen-bond acceptors (Lipinski definition) is 4. The molecule has 28 heavy (non-hydrogen) atoms. The zero-order valence-corrected chi connectivity index (χ0v) is 16.4. The molecule has 0 heterocycles. The summed E-state index contributed by atoms with van der Waals surface area (Å²) in [5.41, 5.74) is 2.86. The number of rotatable bonds is 12. The van der Waals surface area contributed by atoms with Gasteiger partial charge in [-0.15, -0.1) is 0 Å². The molecule has 2 rings (SSSR count). The van der Waals surface area contributed by atoms with Crippen molar-refractivity contribution in [2.75, 3.05) is 0 Å². The highest BCUT2D eigenvalue weighted by atomic mass is 16.6. The number of carbonyl (C=O) groups is 1. The van der Waals surface area contributed by atoms with Gasteiger partial charge in [0.25, 0.3) is 0 Å². The highest BCUT2D eigenvalue weighted by Crippen LogP contribution is 2.16. The molecule has 5 heteroatoms. The van der Waals surface area contributed by atoms with Crippen molar-refractivity contribution in [1.82, 2.24) is 0 Å². The Morgan fingerprint density at radius 2 is 1.75 bits per heavy atom. The first-order chi connectivity index (χ1) is 13.6. The number of hydrogen-bond donors (Lipinski definition) is 2. The molecule has 0 aliphatic heterocycles. The lowest BCUT2D eigenvalue weighted by atomic mass is 9.97. The standard InChI is InChI=1S/C23H29NO4/c1-2-19(23(26)27)9-5-4-8-12-22(20-10-6-3-7-11-20)24-28-17-18-13-15-21(25)16-14-18/h3,6-7,10-11,13-16,19,25H,2,4-5,8-9,12,17H2,1H3,(H,26,27). The third kappa shape index (κ3) is 7.43. The number of phenols is 1. The SMILES string of the molecule is CCC(CCCCCC(=NOCc1ccc(O)cc1)c1ccccc1)C(=O)O. The smallest absolute Gasteiger partial charge is 0.306 e. The molecule has 2 N–H and O–H groups in total. The average molecular weight is 383 g/mol. The van der Waals surface area contributed by atoms with Crippen molar-refractivity contribution < 1.29 is 19.8 Å². The van der Waals surface area contributed by atoms with E-state index in [9.17, 15) is 9.90 Å². The van der Waals surface area contributed by atoms with Gasteiger partial charge in [0.05, 0.1) is 11.6 Å². The molecule has 0 spiro atoms. The number of phenolic OH excluding ortho intramolecular Hbond substituents is 1. The summed E-state index contributed by atoms with van der Waals surface area (Å²) in [7, 11) is 0. The van der Waals surface area contributed by atoms with Crippen LogP contribution in [0.15, 0.2) is 59.8 Å². The Bertz CT molecular complexity index is 741. The topological polar surface area (TPSA) is 79.1 Å². The molecule has 0 aliphatic carbocycles. The van der Waals surface area contributed by atoms with E-state index in [2.05, 4.69) is 5.16 Å². The minimum absolute atomic E-state index is 0.227. The van der Waals surface area contributed by atoms with Crippen LogP contribution in [-0.2, 0) is 16.2 Å². The van der Waals surface area contributed by atoms with E-state index < -0.39 is 5.97 Å². The van der Waals surface area contributed by atoms with E-state index in [-0.39, 0.29) is 11.7 Å². The summed E-state index contributed by atoms with van der Waals surface area (Å²) in [6, 6.07) is 16.8. The second-order valence-electron chi connectivity index (χ2n) is 6.89. The van der Waals surface area contributed by atoms with E-state index >= 15 is 0 Å². The zero-order valence-electron chi connectivity index (χ0n) is 16.4. The van der Waals surface area contributed by atoms with E-state index in [0.717, 1.165) is 48.9 Å². The van der Waals surface area contributed by atoms with Gasteiger partial charge in [-0.1, -0.05) is 67.4 Å². The van der Waals surface area contributed by atoms with Gasteiger partial charge >= 0.3 is 5.97 Å². The highest BCUT2D eigenvalue weighted by molar-refractivity contribution is 6.00. The maximum absolute atomic E-state index is 11.1. The number of nitrogens with zero attached hydrogens (tertiary/aromatic N) is 1. The normalized spacial score (nSPS) is 12.5. The molecule has 150 valence electrons. The fraction of sp³-hybridized carbons (Fsp3) is 0.391. The van der Waals surface area contributed by atoms with E-state index in [1.54, 1.807) is 24.3 Å². The minimum Gasteiger partial charge on any atom is -0.508 e. The Labute approximate surface area is 166 Å². The molecule has 0 aliphatic rings. The number of benzene rings is 2. The van der Waals surface area contributed by atoms with Crippen LogP contribution in [0.25, 0.3) is 0 Å².